The van der Waals surface area contributed by atoms with Gasteiger partial charge in [0, 0.05) is 12.6 Å². The number of esters is 1. The Hall–Kier alpha value is -1.42. The van der Waals surface area contributed by atoms with Crippen molar-refractivity contribution in [2.24, 2.45) is 5.73 Å². The summed E-state index contributed by atoms with van der Waals surface area (Å²) in [6.45, 7) is 5.63. The number of carbonyl (C=O) groups excluding carboxylic acids is 1. The van der Waals surface area contributed by atoms with Gasteiger partial charge in [0.15, 0.2) is 0 Å². The van der Waals surface area contributed by atoms with Crippen LogP contribution in [0.15, 0.2) is 18.3 Å². The van der Waals surface area contributed by atoms with E-state index in [4.69, 9.17) is 10.5 Å². The summed E-state index contributed by atoms with van der Waals surface area (Å²) in [5.74, 6) is -0.167. The minimum atomic E-state index is -0.421. The van der Waals surface area contributed by atoms with Crippen molar-refractivity contribution < 1.29 is 9.53 Å². The molecule has 1 aromatic heterocycles. The molecule has 1 aliphatic carbocycles. The second-order valence-electron chi connectivity index (χ2n) is 6.29. The Labute approximate surface area is 114 Å². The van der Waals surface area contributed by atoms with Crippen molar-refractivity contribution in [1.29, 1.82) is 0 Å². The topological polar surface area (TPSA) is 65.2 Å². The van der Waals surface area contributed by atoms with Gasteiger partial charge in [-0.15, -0.1) is 0 Å². The molecule has 0 bridgehead atoms. The summed E-state index contributed by atoms with van der Waals surface area (Å²) >= 11 is 0. The molecule has 0 atom stereocenters. The van der Waals surface area contributed by atoms with Gasteiger partial charge in [-0.1, -0.05) is 0 Å². The molecule has 4 heteroatoms. The summed E-state index contributed by atoms with van der Waals surface area (Å²) in [5, 5.41) is 0. The number of ether oxygens (including phenoxy) is 1. The van der Waals surface area contributed by atoms with Gasteiger partial charge in [-0.05, 0) is 57.7 Å². The second kappa shape index (κ2) is 4.93. The van der Waals surface area contributed by atoms with Crippen molar-refractivity contribution in [2.75, 3.05) is 0 Å². The molecule has 0 saturated heterocycles. The molecule has 1 fully saturated rings. The SMILES string of the molecule is CC(C)(C)OC(=O)CCc1ccnc(C2(N)CC2)c1. The van der Waals surface area contributed by atoms with Gasteiger partial charge < -0.3 is 10.5 Å². The van der Waals surface area contributed by atoms with Crippen LogP contribution in [-0.2, 0) is 21.5 Å². The van der Waals surface area contributed by atoms with E-state index in [9.17, 15) is 4.79 Å². The molecule has 0 spiro atoms. The Bertz CT molecular complexity index is 473. The Balaban J connectivity index is 1.91. The highest BCUT2D eigenvalue weighted by atomic mass is 16.6. The van der Waals surface area contributed by atoms with Gasteiger partial charge in [-0.2, -0.15) is 0 Å². The summed E-state index contributed by atoms with van der Waals surface area (Å²) in [6.07, 6.45) is 4.82. The molecule has 104 valence electrons. The van der Waals surface area contributed by atoms with Crippen LogP contribution in [0.3, 0.4) is 0 Å². The maximum absolute atomic E-state index is 11.7. The number of rotatable bonds is 4. The Morgan fingerprint density at radius 1 is 1.47 bits per heavy atom. The molecule has 4 nitrogen and oxygen atoms in total. The fraction of sp³-hybridized carbons (Fsp3) is 0.600. The second-order valence-corrected chi connectivity index (χ2v) is 6.29. The molecular weight excluding hydrogens is 240 g/mol. The Morgan fingerprint density at radius 3 is 2.74 bits per heavy atom. The van der Waals surface area contributed by atoms with Gasteiger partial charge in [-0.3, -0.25) is 9.78 Å². The summed E-state index contributed by atoms with van der Waals surface area (Å²) in [5.41, 5.74) is 7.51. The van der Waals surface area contributed by atoms with Crippen molar-refractivity contribution in [1.82, 2.24) is 4.98 Å². The fourth-order valence-corrected chi connectivity index (χ4v) is 1.93. The van der Waals surface area contributed by atoms with Crippen LogP contribution in [0.2, 0.25) is 0 Å². The monoisotopic (exact) mass is 262 g/mol. The van der Waals surface area contributed by atoms with E-state index in [1.165, 1.54) is 0 Å². The van der Waals surface area contributed by atoms with Crippen LogP contribution in [0.1, 0.15) is 51.3 Å². The van der Waals surface area contributed by atoms with Crippen molar-refractivity contribution in [3.63, 3.8) is 0 Å². The van der Waals surface area contributed by atoms with Gasteiger partial charge in [-0.25, -0.2) is 0 Å². The molecule has 0 radical (unpaired) electrons. The predicted octanol–water partition coefficient (Wildman–Crippen LogP) is 2.30. The van der Waals surface area contributed by atoms with Crippen LogP contribution in [0.4, 0.5) is 0 Å². The number of nitrogens with two attached hydrogens (primary N) is 1. The zero-order valence-electron chi connectivity index (χ0n) is 11.9. The Morgan fingerprint density at radius 2 is 2.16 bits per heavy atom. The van der Waals surface area contributed by atoms with Gasteiger partial charge >= 0.3 is 5.97 Å². The quantitative estimate of drug-likeness (QED) is 0.846. The molecule has 0 amide bonds. The van der Waals surface area contributed by atoms with E-state index in [0.717, 1.165) is 24.1 Å². The molecule has 0 aromatic carbocycles. The molecule has 1 saturated carbocycles. The van der Waals surface area contributed by atoms with E-state index in [0.29, 0.717) is 12.8 Å². The normalized spacial score (nSPS) is 17.1. The number of aromatic nitrogens is 1. The van der Waals surface area contributed by atoms with E-state index < -0.39 is 5.60 Å². The zero-order valence-corrected chi connectivity index (χ0v) is 11.9. The van der Waals surface area contributed by atoms with Crippen molar-refractivity contribution in [3.05, 3.63) is 29.6 Å². The Kier molecular flexibility index (Phi) is 3.63. The standard InChI is InChI=1S/C15H22N2O2/c1-14(2,3)19-13(18)5-4-11-6-9-17-12(10-11)15(16)7-8-15/h6,9-10H,4-5,7-8,16H2,1-3H3. The van der Waals surface area contributed by atoms with Gasteiger partial charge in [0.25, 0.3) is 0 Å². The van der Waals surface area contributed by atoms with E-state index in [-0.39, 0.29) is 11.5 Å². The van der Waals surface area contributed by atoms with Crippen molar-refractivity contribution in [2.45, 2.75) is 57.6 Å². The van der Waals surface area contributed by atoms with E-state index in [1.54, 1.807) is 6.20 Å². The fourth-order valence-electron chi connectivity index (χ4n) is 1.93. The van der Waals surface area contributed by atoms with Gasteiger partial charge in [0.05, 0.1) is 11.2 Å². The summed E-state index contributed by atoms with van der Waals surface area (Å²) in [4.78, 5) is 16.0. The predicted molar refractivity (Wildman–Crippen MR) is 73.5 cm³/mol. The van der Waals surface area contributed by atoms with Crippen LogP contribution in [-0.4, -0.2) is 16.6 Å². The highest BCUT2D eigenvalue weighted by Gasteiger charge is 2.41. The zero-order chi connectivity index (χ0) is 14.1. The minimum Gasteiger partial charge on any atom is -0.460 e. The molecule has 0 unspecified atom stereocenters. The first-order chi connectivity index (χ1) is 8.78. The number of hydrogen-bond donors (Lipinski definition) is 1. The molecule has 19 heavy (non-hydrogen) atoms. The first-order valence-electron chi connectivity index (χ1n) is 6.75. The summed E-state index contributed by atoms with van der Waals surface area (Å²) < 4.78 is 5.29. The van der Waals surface area contributed by atoms with Crippen LogP contribution in [0.25, 0.3) is 0 Å². The third kappa shape index (κ3) is 4.03. The van der Waals surface area contributed by atoms with Crippen molar-refractivity contribution in [3.8, 4) is 0 Å². The van der Waals surface area contributed by atoms with Crippen LogP contribution in [0, 0.1) is 0 Å². The largest absolute Gasteiger partial charge is 0.460 e. The number of pyridine rings is 1. The highest BCUT2D eigenvalue weighted by Crippen LogP contribution is 2.41. The lowest BCUT2D eigenvalue weighted by atomic mass is 10.1. The first-order valence-corrected chi connectivity index (χ1v) is 6.75. The average Bonchev–Trinajstić information content (AvgIpc) is 3.04. The van der Waals surface area contributed by atoms with Crippen molar-refractivity contribution >= 4 is 5.97 Å². The van der Waals surface area contributed by atoms with Crippen LogP contribution < -0.4 is 5.73 Å². The molecule has 1 aromatic rings. The molecular formula is C15H22N2O2. The third-order valence-corrected chi connectivity index (χ3v) is 3.16. The molecule has 1 aliphatic rings. The molecule has 2 N–H and O–H groups in total. The van der Waals surface area contributed by atoms with E-state index >= 15 is 0 Å². The lowest BCUT2D eigenvalue weighted by Crippen LogP contribution is -2.24. The summed E-state index contributed by atoms with van der Waals surface area (Å²) in [7, 11) is 0. The highest BCUT2D eigenvalue weighted by molar-refractivity contribution is 5.70. The number of hydrogen-bond acceptors (Lipinski definition) is 4. The van der Waals surface area contributed by atoms with Gasteiger partial charge in [0.1, 0.15) is 5.60 Å². The van der Waals surface area contributed by atoms with Gasteiger partial charge in [0.2, 0.25) is 0 Å². The van der Waals surface area contributed by atoms with E-state index in [1.807, 2.05) is 32.9 Å². The number of carbonyl (C=O) groups is 1. The average molecular weight is 262 g/mol. The number of aryl methyl sites for hydroxylation is 1. The maximum Gasteiger partial charge on any atom is 0.306 e. The number of nitrogens with zero attached hydrogens (tertiary/aromatic N) is 1. The smallest absolute Gasteiger partial charge is 0.306 e. The minimum absolute atomic E-state index is 0.167. The van der Waals surface area contributed by atoms with E-state index in [2.05, 4.69) is 4.98 Å². The lowest BCUT2D eigenvalue weighted by Gasteiger charge is -2.19. The summed E-state index contributed by atoms with van der Waals surface area (Å²) in [6, 6.07) is 3.94. The third-order valence-electron chi connectivity index (χ3n) is 3.16. The molecule has 0 aliphatic heterocycles. The molecule has 1 heterocycles. The van der Waals surface area contributed by atoms with Crippen LogP contribution in [0.5, 0.6) is 0 Å². The van der Waals surface area contributed by atoms with Crippen LogP contribution >= 0.6 is 0 Å². The maximum atomic E-state index is 11.7. The lowest BCUT2D eigenvalue weighted by molar-refractivity contribution is -0.154. The molecule has 2 rings (SSSR count). The first kappa shape index (κ1) is 14.0.